The number of amides is 2. The normalized spacial score (nSPS) is 19.5. The van der Waals surface area contributed by atoms with Gasteiger partial charge in [-0.1, -0.05) is 6.08 Å². The molecule has 3 heterocycles. The lowest BCUT2D eigenvalue weighted by Crippen LogP contribution is -2.33. The van der Waals surface area contributed by atoms with Crippen molar-refractivity contribution in [2.24, 2.45) is 0 Å². The summed E-state index contributed by atoms with van der Waals surface area (Å²) in [7, 11) is -5.95. The van der Waals surface area contributed by atoms with Gasteiger partial charge in [-0.05, 0) is 88.4 Å². The predicted molar refractivity (Wildman–Crippen MR) is 271 cm³/mol. The van der Waals surface area contributed by atoms with Gasteiger partial charge in [-0.15, -0.1) is 5.06 Å². The van der Waals surface area contributed by atoms with Gasteiger partial charge in [0.05, 0.1) is 94.5 Å². The molecule has 2 amide bonds. The summed E-state index contributed by atoms with van der Waals surface area (Å²) in [6.45, 7) is 12.2. The minimum atomic E-state index is -4.61. The minimum Gasteiger partial charge on any atom is -0.382 e. The summed E-state index contributed by atoms with van der Waals surface area (Å²) in [5.74, 6) is -1.80. The Kier molecular flexibility index (Phi) is 23.8. The molecule has 21 nitrogen and oxygen atoms in total. The van der Waals surface area contributed by atoms with Crippen LogP contribution < -0.4 is 4.90 Å². The Labute approximate surface area is 435 Å². The first-order chi connectivity index (χ1) is 35.4. The Balaban J connectivity index is 1.44. The zero-order valence-electron chi connectivity index (χ0n) is 43.3. The third-order valence-corrected chi connectivity index (χ3v) is 14.8. The number of hydrogen-bond donors (Lipinski definition) is 2. The van der Waals surface area contributed by atoms with E-state index in [9.17, 15) is 40.3 Å². The maximum Gasteiger partial charge on any atom is 0.333 e. The minimum absolute atomic E-state index is 0.00815. The Hall–Kier alpha value is -4.50. The molecule has 0 bridgehead atoms. The molecule has 412 valence electrons. The molecule has 0 aromatic heterocycles. The van der Waals surface area contributed by atoms with Crippen molar-refractivity contribution in [3.05, 3.63) is 71.5 Å². The third kappa shape index (κ3) is 16.5. The Morgan fingerprint density at radius 3 is 1.66 bits per heavy atom. The highest BCUT2D eigenvalue weighted by Crippen LogP contribution is 2.51. The van der Waals surface area contributed by atoms with Crippen LogP contribution in [0.1, 0.15) is 83.3 Å². The molecule has 0 radical (unpaired) electrons. The van der Waals surface area contributed by atoms with Crippen molar-refractivity contribution < 1.29 is 87.6 Å². The molecule has 0 aliphatic carbocycles. The number of nitrogens with zero attached hydrogens (tertiary/aromatic N) is 3. The zero-order valence-corrected chi connectivity index (χ0v) is 44.9. The number of allylic oxidation sites excluding steroid dienone is 4. The summed E-state index contributed by atoms with van der Waals surface area (Å²) in [4.78, 5) is 43.3. The fraction of sp³-hybridized carbons (Fsp3) is 0.608. The Morgan fingerprint density at radius 1 is 0.662 bits per heavy atom. The van der Waals surface area contributed by atoms with E-state index >= 15 is 0 Å². The summed E-state index contributed by atoms with van der Waals surface area (Å²) < 4.78 is 117. The van der Waals surface area contributed by atoms with Crippen LogP contribution in [0.4, 0.5) is 11.4 Å². The van der Waals surface area contributed by atoms with Crippen molar-refractivity contribution in [1.29, 1.82) is 0 Å². The lowest BCUT2D eigenvalue weighted by Gasteiger charge is -2.30. The highest BCUT2D eigenvalue weighted by molar-refractivity contribution is 7.86. The molecule has 2 aromatic rings. The molecule has 0 saturated carbocycles. The van der Waals surface area contributed by atoms with Crippen molar-refractivity contribution in [3.63, 3.8) is 0 Å². The van der Waals surface area contributed by atoms with E-state index in [1.165, 1.54) is 24.3 Å². The first-order valence-corrected chi connectivity index (χ1v) is 27.8. The lowest BCUT2D eigenvalue weighted by atomic mass is 9.76. The highest BCUT2D eigenvalue weighted by atomic mass is 32.2. The van der Waals surface area contributed by atoms with E-state index in [2.05, 4.69) is 9.48 Å². The first-order valence-electron chi connectivity index (χ1n) is 25.0. The Bertz CT molecular complexity index is 2520. The molecule has 1 saturated heterocycles. The molecule has 2 N–H and O–H groups in total. The largest absolute Gasteiger partial charge is 0.382 e. The predicted octanol–water partition coefficient (Wildman–Crippen LogP) is 5.11. The van der Waals surface area contributed by atoms with Gasteiger partial charge in [0.15, 0.2) is 5.71 Å². The van der Waals surface area contributed by atoms with Crippen molar-refractivity contribution in [2.45, 2.75) is 92.8 Å². The number of benzene rings is 2. The number of carbonyl (C=O) groups is 3. The topological polar surface area (TPSA) is 253 Å². The molecule has 3 aliphatic rings. The van der Waals surface area contributed by atoms with E-state index in [1.807, 2.05) is 39.0 Å². The van der Waals surface area contributed by atoms with E-state index in [4.69, 9.17) is 42.7 Å². The second-order valence-corrected chi connectivity index (χ2v) is 21.0. The van der Waals surface area contributed by atoms with Gasteiger partial charge >= 0.3 is 5.97 Å². The van der Waals surface area contributed by atoms with Crippen LogP contribution in [0.25, 0.3) is 0 Å². The molecule has 74 heavy (non-hydrogen) atoms. The van der Waals surface area contributed by atoms with Crippen LogP contribution in [-0.2, 0) is 88.2 Å². The van der Waals surface area contributed by atoms with Gasteiger partial charge in [0.1, 0.15) is 6.54 Å². The number of hydroxylamine groups is 2. The SMILES string of the molecule is CCN1C(=CC=CC2=[N+](CCCCCC(=O)ON3C(=O)CCC3=O)c3ccc(S(=O)(=O)O)cc3C2(C)CCOCCOCCOCCOC)C(C)(CCOCCOCCOCCOC)c2cc(S(=O)(=O)O)ccc21. The fourth-order valence-electron chi connectivity index (χ4n) is 9.16. The number of imide groups is 1. The number of unbranched alkanes of at least 4 members (excludes halogenated alkanes) is 2. The van der Waals surface area contributed by atoms with E-state index in [0.29, 0.717) is 140 Å². The van der Waals surface area contributed by atoms with E-state index in [1.54, 1.807) is 26.4 Å². The number of fused-ring (bicyclic) bond motifs is 2. The lowest BCUT2D eigenvalue weighted by molar-refractivity contribution is -0.438. The zero-order chi connectivity index (χ0) is 53.8. The van der Waals surface area contributed by atoms with Crippen LogP contribution in [0.5, 0.6) is 0 Å². The number of hydrogen-bond acceptors (Lipinski definition) is 17. The smallest absolute Gasteiger partial charge is 0.333 e. The first kappa shape index (κ1) is 60.4. The van der Waals surface area contributed by atoms with Gasteiger partial charge in [0.25, 0.3) is 32.1 Å². The van der Waals surface area contributed by atoms with Crippen molar-refractivity contribution in [3.8, 4) is 0 Å². The van der Waals surface area contributed by atoms with Gasteiger partial charge in [0.2, 0.25) is 5.69 Å². The molecule has 1 fully saturated rings. The van der Waals surface area contributed by atoms with Gasteiger partial charge in [-0.3, -0.25) is 18.7 Å². The van der Waals surface area contributed by atoms with Gasteiger partial charge in [0, 0.05) is 94.2 Å². The van der Waals surface area contributed by atoms with Crippen LogP contribution in [-0.4, -0.2) is 179 Å². The average molecular weight is 1080 g/mol. The summed E-state index contributed by atoms with van der Waals surface area (Å²) in [5.41, 5.74) is 2.73. The van der Waals surface area contributed by atoms with Gasteiger partial charge in [-0.2, -0.15) is 21.4 Å². The van der Waals surface area contributed by atoms with Crippen LogP contribution >= 0.6 is 0 Å². The van der Waals surface area contributed by atoms with Crippen LogP contribution in [0.3, 0.4) is 0 Å². The quantitative estimate of drug-likeness (QED) is 0.0389. The third-order valence-electron chi connectivity index (χ3n) is 13.1. The highest BCUT2D eigenvalue weighted by Gasteiger charge is 2.48. The average Bonchev–Trinajstić information content (AvgIpc) is 3.89. The Morgan fingerprint density at radius 2 is 1.15 bits per heavy atom. The summed E-state index contributed by atoms with van der Waals surface area (Å²) in [5, 5.41) is 0.532. The number of methoxy groups -OCH3 is 2. The fourth-order valence-corrected chi connectivity index (χ4v) is 10.2. The molecular formula is C51H74N3O18S2+. The number of likely N-dealkylation sites (N-methyl/N-ethyl adjacent to an activating group) is 1. The van der Waals surface area contributed by atoms with Crippen LogP contribution in [0.15, 0.2) is 70.1 Å². The maximum atomic E-state index is 12.6. The second kappa shape index (κ2) is 29.1. The van der Waals surface area contributed by atoms with Gasteiger partial charge < -0.3 is 47.6 Å². The van der Waals surface area contributed by atoms with Crippen LogP contribution in [0.2, 0.25) is 0 Å². The second-order valence-electron chi connectivity index (χ2n) is 18.2. The summed E-state index contributed by atoms with van der Waals surface area (Å²) in [6, 6.07) is 9.08. The molecule has 0 spiro atoms. The molecule has 2 aromatic carbocycles. The summed E-state index contributed by atoms with van der Waals surface area (Å²) >= 11 is 0. The molecule has 3 aliphatic heterocycles. The number of rotatable bonds is 36. The van der Waals surface area contributed by atoms with Crippen molar-refractivity contribution >= 4 is 55.1 Å². The molecule has 23 heteroatoms. The number of anilines is 1. The maximum absolute atomic E-state index is 12.6. The monoisotopic (exact) mass is 1080 g/mol. The van der Waals surface area contributed by atoms with Gasteiger partial charge in [-0.25, -0.2) is 4.79 Å². The molecule has 2 atom stereocenters. The van der Waals surface area contributed by atoms with E-state index in [-0.39, 0.29) is 48.9 Å². The standard InChI is InChI=1S/C51H73N3O18S2/c1-6-52-43-16-14-39(73(58,59)60)37-41(43)50(2,20-23-66-29-31-70-35-33-68-27-25-64-4)45(52)11-10-12-46-51(3,21-24-67-30-32-71-36-34-69-28-26-65-5)42-38-40(74(61,62)63)15-17-44(42)53(46)22-9-7-8-13-49(57)72-54-47(55)18-19-48(54)56/h10-12,14-17,37-38H,6-9,13,18-36H2,1-5H3,(H-,58,59,60,61,62,63)/p+1. The molecule has 5 rings (SSSR count). The summed E-state index contributed by atoms with van der Waals surface area (Å²) in [6.07, 6.45) is 8.11. The van der Waals surface area contributed by atoms with Crippen LogP contribution in [0, 0.1) is 0 Å². The van der Waals surface area contributed by atoms with E-state index in [0.717, 1.165) is 17.1 Å². The number of carbonyl (C=O) groups excluding carboxylic acids is 3. The number of ether oxygens (including phenoxy) is 8. The van der Waals surface area contributed by atoms with Crippen molar-refractivity contribution in [2.75, 3.05) is 125 Å². The van der Waals surface area contributed by atoms with Crippen molar-refractivity contribution in [1.82, 2.24) is 5.06 Å². The molecular weight excluding hydrogens is 1010 g/mol. The van der Waals surface area contributed by atoms with E-state index < -0.39 is 48.8 Å². The molecule has 2 unspecified atom stereocenters.